The van der Waals surface area contributed by atoms with Crippen LogP contribution in [0.15, 0.2) is 49.1 Å². The van der Waals surface area contributed by atoms with Gasteiger partial charge in [-0.2, -0.15) is 0 Å². The number of aliphatic hydroxyl groups excluding tert-OH is 1. The summed E-state index contributed by atoms with van der Waals surface area (Å²) in [5.74, 6) is -1.10. The molecule has 0 bridgehead atoms. The van der Waals surface area contributed by atoms with Crippen LogP contribution in [0.2, 0.25) is 0 Å². The number of aryl methyl sites for hydroxylation is 1. The topological polar surface area (TPSA) is 87.5 Å². The maximum absolute atomic E-state index is 13.2. The van der Waals surface area contributed by atoms with Crippen molar-refractivity contribution in [3.8, 4) is 0 Å². The predicted octanol–water partition coefficient (Wildman–Crippen LogP) is 1.36. The molecule has 1 saturated heterocycles. The van der Waals surface area contributed by atoms with Crippen LogP contribution in [0.5, 0.6) is 0 Å². The van der Waals surface area contributed by atoms with Crippen LogP contribution in [0.4, 0.5) is 4.39 Å². The third-order valence-corrected chi connectivity index (χ3v) is 4.51. The summed E-state index contributed by atoms with van der Waals surface area (Å²) in [5.41, 5.74) is 1.37. The summed E-state index contributed by atoms with van der Waals surface area (Å²) in [4.78, 5) is 29.8. The lowest BCUT2D eigenvalue weighted by Crippen LogP contribution is -2.53. The van der Waals surface area contributed by atoms with E-state index >= 15 is 0 Å². The van der Waals surface area contributed by atoms with E-state index in [1.807, 2.05) is 30.1 Å². The molecule has 2 atom stereocenters. The number of halogens is 1. The number of piperidine rings is 1. The normalized spacial score (nSPS) is 19.8. The van der Waals surface area contributed by atoms with Gasteiger partial charge in [-0.1, -0.05) is 0 Å². The van der Waals surface area contributed by atoms with Gasteiger partial charge in [-0.3, -0.25) is 14.6 Å². The number of aliphatic hydroxyl groups is 1. The first-order chi connectivity index (χ1) is 13.9. The fourth-order valence-corrected chi connectivity index (χ4v) is 3.19. The van der Waals surface area contributed by atoms with Gasteiger partial charge in [-0.25, -0.2) is 4.39 Å². The van der Waals surface area contributed by atoms with Crippen molar-refractivity contribution in [2.24, 2.45) is 7.05 Å². The highest BCUT2D eigenvalue weighted by Gasteiger charge is 2.28. The molecule has 1 aliphatic heterocycles. The Balaban J connectivity index is 1.57. The van der Waals surface area contributed by atoms with Gasteiger partial charge in [0.1, 0.15) is 5.82 Å². The van der Waals surface area contributed by atoms with Gasteiger partial charge < -0.3 is 19.9 Å². The number of nitrogens with one attached hydrogen (secondary N) is 1. The Labute approximate surface area is 168 Å². The standard InChI is InChI=1S/C21H23FN4O3/c1-25-7-6-15(12-25)2-4-20(28)24-18-9-19(27)14-26(13-18)21(29)5-3-16-8-17(22)11-23-10-16/h2-8,10-12,18-19,27H,9,13-14H2,1H3,(H,24,28)/b4-2+,5-3+. The SMILES string of the molecule is Cn1ccc(/C=C/C(=O)NC2CC(O)CN(C(=O)/C=C/c3cncc(F)c3)C2)c1. The second-order valence-electron chi connectivity index (χ2n) is 7.05. The first kappa shape index (κ1) is 20.5. The lowest BCUT2D eigenvalue weighted by Gasteiger charge is -2.35. The molecular weight excluding hydrogens is 375 g/mol. The number of nitrogens with zero attached hydrogens (tertiary/aromatic N) is 3. The minimum atomic E-state index is -0.736. The van der Waals surface area contributed by atoms with Crippen LogP contribution in [-0.4, -0.2) is 56.6 Å². The van der Waals surface area contributed by atoms with Crippen molar-refractivity contribution >= 4 is 24.0 Å². The van der Waals surface area contributed by atoms with Crippen LogP contribution in [0.1, 0.15) is 17.5 Å². The number of carbonyl (C=O) groups is 2. The Kier molecular flexibility index (Phi) is 6.56. The monoisotopic (exact) mass is 398 g/mol. The zero-order valence-electron chi connectivity index (χ0n) is 16.0. The molecule has 0 radical (unpaired) electrons. The second kappa shape index (κ2) is 9.29. The highest BCUT2D eigenvalue weighted by molar-refractivity contribution is 5.93. The van der Waals surface area contributed by atoms with E-state index in [0.717, 1.165) is 11.8 Å². The molecule has 0 spiro atoms. The van der Waals surface area contributed by atoms with Crippen LogP contribution in [0.25, 0.3) is 12.2 Å². The smallest absolute Gasteiger partial charge is 0.246 e. The third-order valence-electron chi connectivity index (χ3n) is 4.51. The molecule has 0 saturated carbocycles. The minimum absolute atomic E-state index is 0.177. The number of β-amino-alcohol motifs (C(OH)–C–C–N with tert-alkyl or cyclic N) is 1. The molecular formula is C21H23FN4O3. The van der Waals surface area contributed by atoms with E-state index in [4.69, 9.17) is 0 Å². The van der Waals surface area contributed by atoms with E-state index in [1.54, 1.807) is 6.08 Å². The van der Waals surface area contributed by atoms with Gasteiger partial charge in [0.25, 0.3) is 0 Å². The second-order valence-corrected chi connectivity index (χ2v) is 7.05. The summed E-state index contributed by atoms with van der Waals surface area (Å²) in [7, 11) is 1.89. The summed E-state index contributed by atoms with van der Waals surface area (Å²) in [6.07, 6.45) is 11.8. The molecule has 1 fully saturated rings. The van der Waals surface area contributed by atoms with E-state index in [-0.39, 0.29) is 30.9 Å². The van der Waals surface area contributed by atoms with Crippen molar-refractivity contribution < 1.29 is 19.1 Å². The fourth-order valence-electron chi connectivity index (χ4n) is 3.19. The molecule has 2 aromatic heterocycles. The maximum atomic E-state index is 13.2. The van der Waals surface area contributed by atoms with Gasteiger partial charge >= 0.3 is 0 Å². The van der Waals surface area contributed by atoms with Gasteiger partial charge in [-0.05, 0) is 41.8 Å². The highest BCUT2D eigenvalue weighted by Crippen LogP contribution is 2.13. The van der Waals surface area contributed by atoms with Crippen LogP contribution in [-0.2, 0) is 16.6 Å². The van der Waals surface area contributed by atoms with E-state index in [2.05, 4.69) is 10.3 Å². The van der Waals surface area contributed by atoms with Gasteiger partial charge in [0.15, 0.2) is 0 Å². The Morgan fingerprint density at radius 1 is 1.24 bits per heavy atom. The van der Waals surface area contributed by atoms with Crippen molar-refractivity contribution in [3.63, 3.8) is 0 Å². The summed E-state index contributed by atoms with van der Waals surface area (Å²) in [6.45, 7) is 0.462. The average molecular weight is 398 g/mol. The van der Waals surface area contributed by atoms with E-state index in [0.29, 0.717) is 12.0 Å². The number of pyridine rings is 1. The molecule has 7 nitrogen and oxygen atoms in total. The van der Waals surface area contributed by atoms with E-state index in [1.165, 1.54) is 35.4 Å². The number of hydrogen-bond donors (Lipinski definition) is 2. The number of carbonyl (C=O) groups excluding carboxylic acids is 2. The number of amides is 2. The van der Waals surface area contributed by atoms with Crippen molar-refractivity contribution in [1.82, 2.24) is 19.8 Å². The molecule has 0 aliphatic carbocycles. The van der Waals surface area contributed by atoms with Gasteiger partial charge in [0.2, 0.25) is 11.8 Å². The first-order valence-corrected chi connectivity index (χ1v) is 9.25. The molecule has 3 heterocycles. The van der Waals surface area contributed by atoms with Gasteiger partial charge in [-0.15, -0.1) is 0 Å². The van der Waals surface area contributed by atoms with Crippen LogP contribution in [0.3, 0.4) is 0 Å². The Bertz CT molecular complexity index is 938. The number of aromatic nitrogens is 2. The molecule has 2 aromatic rings. The summed E-state index contributed by atoms with van der Waals surface area (Å²) in [6, 6.07) is 2.79. The third kappa shape index (κ3) is 6.11. The Morgan fingerprint density at radius 2 is 2.03 bits per heavy atom. The highest BCUT2D eigenvalue weighted by atomic mass is 19.1. The quantitative estimate of drug-likeness (QED) is 0.745. The predicted molar refractivity (Wildman–Crippen MR) is 107 cm³/mol. The molecule has 0 aromatic carbocycles. The maximum Gasteiger partial charge on any atom is 0.246 e. The molecule has 2 amide bonds. The van der Waals surface area contributed by atoms with Crippen LogP contribution >= 0.6 is 0 Å². The van der Waals surface area contributed by atoms with E-state index in [9.17, 15) is 19.1 Å². The number of hydrogen-bond acceptors (Lipinski definition) is 4. The van der Waals surface area contributed by atoms with Crippen LogP contribution in [0, 0.1) is 5.82 Å². The van der Waals surface area contributed by atoms with E-state index < -0.39 is 11.9 Å². The zero-order chi connectivity index (χ0) is 20.8. The number of rotatable bonds is 5. The molecule has 1 aliphatic rings. The molecule has 152 valence electrons. The molecule has 2 unspecified atom stereocenters. The van der Waals surface area contributed by atoms with Crippen molar-refractivity contribution in [3.05, 3.63) is 66.0 Å². The first-order valence-electron chi connectivity index (χ1n) is 9.25. The minimum Gasteiger partial charge on any atom is -0.391 e. The van der Waals surface area contributed by atoms with Crippen molar-refractivity contribution in [1.29, 1.82) is 0 Å². The van der Waals surface area contributed by atoms with Gasteiger partial charge in [0, 0.05) is 56.9 Å². The number of likely N-dealkylation sites (tertiary alicyclic amines) is 1. The fraction of sp³-hybridized carbons (Fsp3) is 0.286. The van der Waals surface area contributed by atoms with Crippen LogP contribution < -0.4 is 5.32 Å². The zero-order valence-corrected chi connectivity index (χ0v) is 16.0. The van der Waals surface area contributed by atoms with Crippen molar-refractivity contribution in [2.45, 2.75) is 18.6 Å². The summed E-state index contributed by atoms with van der Waals surface area (Å²) in [5, 5.41) is 12.9. The lowest BCUT2D eigenvalue weighted by atomic mass is 10.0. The molecule has 2 N–H and O–H groups in total. The van der Waals surface area contributed by atoms with Gasteiger partial charge in [0.05, 0.1) is 12.3 Å². The summed E-state index contributed by atoms with van der Waals surface area (Å²) < 4.78 is 15.1. The molecule has 29 heavy (non-hydrogen) atoms. The lowest BCUT2D eigenvalue weighted by molar-refractivity contribution is -0.130. The van der Waals surface area contributed by atoms with Crippen molar-refractivity contribution in [2.75, 3.05) is 13.1 Å². The Hall–Kier alpha value is -3.26. The largest absolute Gasteiger partial charge is 0.391 e. The molecule has 8 heteroatoms. The molecule has 3 rings (SSSR count). The Morgan fingerprint density at radius 3 is 2.76 bits per heavy atom. The average Bonchev–Trinajstić information content (AvgIpc) is 3.09. The summed E-state index contributed by atoms with van der Waals surface area (Å²) >= 11 is 0.